The molecule has 176 valence electrons. The number of piperazine rings is 1. The van der Waals surface area contributed by atoms with Crippen molar-refractivity contribution in [1.29, 1.82) is 0 Å². The van der Waals surface area contributed by atoms with Crippen molar-refractivity contribution in [3.8, 4) is 11.4 Å². The van der Waals surface area contributed by atoms with E-state index in [0.29, 0.717) is 62.1 Å². The van der Waals surface area contributed by atoms with Crippen LogP contribution in [-0.2, 0) is 14.9 Å². The van der Waals surface area contributed by atoms with E-state index in [-0.39, 0.29) is 12.2 Å². The zero-order chi connectivity index (χ0) is 23.2. The van der Waals surface area contributed by atoms with Crippen LogP contribution in [0.5, 0.6) is 0 Å². The third kappa shape index (κ3) is 4.19. The Labute approximate surface area is 191 Å². The molecule has 2 unspecified atom stereocenters. The van der Waals surface area contributed by atoms with E-state index >= 15 is 0 Å². The Bertz CT molecular complexity index is 1250. The Morgan fingerprint density at radius 3 is 2.33 bits per heavy atom. The molecule has 33 heavy (non-hydrogen) atoms. The summed E-state index contributed by atoms with van der Waals surface area (Å²) in [4.78, 5) is 2.02. The first-order chi connectivity index (χ1) is 15.8. The number of fused-ring (bicyclic) bond motifs is 1. The van der Waals surface area contributed by atoms with Crippen molar-refractivity contribution in [2.75, 3.05) is 44.2 Å². The molecule has 0 spiro atoms. The van der Waals surface area contributed by atoms with Crippen LogP contribution in [0.15, 0.2) is 36.4 Å². The largest absolute Gasteiger partial charge is 0.373 e. The maximum absolute atomic E-state index is 14.3. The van der Waals surface area contributed by atoms with Crippen LogP contribution < -0.4 is 4.90 Å². The molecule has 3 aromatic rings. The summed E-state index contributed by atoms with van der Waals surface area (Å²) in [5.74, 6) is 0.580. The SMILES string of the molecule is CC1CN(S(=O)(=O)N2CCN(c3ccc4nnc(-c5ccccc5F)n4n3)CC2)CC(C)O1. The van der Waals surface area contributed by atoms with Gasteiger partial charge in [-0.25, -0.2) is 4.39 Å². The van der Waals surface area contributed by atoms with Gasteiger partial charge in [0.15, 0.2) is 11.5 Å². The van der Waals surface area contributed by atoms with Gasteiger partial charge in [0, 0.05) is 39.3 Å². The minimum absolute atomic E-state index is 0.131. The second-order valence-corrected chi connectivity index (χ2v) is 10.4. The number of anilines is 1. The van der Waals surface area contributed by atoms with Gasteiger partial charge in [-0.05, 0) is 38.1 Å². The lowest BCUT2D eigenvalue weighted by Crippen LogP contribution is -2.57. The van der Waals surface area contributed by atoms with E-state index in [1.165, 1.54) is 19.2 Å². The highest BCUT2D eigenvalue weighted by Crippen LogP contribution is 2.24. The zero-order valence-corrected chi connectivity index (χ0v) is 19.3. The first-order valence-electron chi connectivity index (χ1n) is 11.0. The van der Waals surface area contributed by atoms with E-state index in [1.807, 2.05) is 24.8 Å². The number of hydrogen-bond acceptors (Lipinski definition) is 7. The Balaban J connectivity index is 1.33. The first kappa shape index (κ1) is 22.1. The van der Waals surface area contributed by atoms with Gasteiger partial charge >= 0.3 is 0 Å². The summed E-state index contributed by atoms with van der Waals surface area (Å²) in [6, 6.07) is 9.96. The highest BCUT2D eigenvalue weighted by molar-refractivity contribution is 7.86. The summed E-state index contributed by atoms with van der Waals surface area (Å²) in [5.41, 5.74) is 0.827. The van der Waals surface area contributed by atoms with Crippen LogP contribution in [0, 0.1) is 5.82 Å². The molecule has 2 atom stereocenters. The van der Waals surface area contributed by atoms with E-state index < -0.39 is 16.0 Å². The number of benzene rings is 1. The Kier molecular flexibility index (Phi) is 5.77. The van der Waals surface area contributed by atoms with Gasteiger partial charge in [0.2, 0.25) is 0 Å². The van der Waals surface area contributed by atoms with Crippen molar-refractivity contribution in [3.05, 3.63) is 42.2 Å². The molecule has 2 aliphatic heterocycles. The van der Waals surface area contributed by atoms with Gasteiger partial charge in [-0.3, -0.25) is 0 Å². The van der Waals surface area contributed by atoms with Crippen LogP contribution >= 0.6 is 0 Å². The second-order valence-electron chi connectivity index (χ2n) is 8.43. The maximum Gasteiger partial charge on any atom is 0.282 e. The average Bonchev–Trinajstić information content (AvgIpc) is 3.22. The summed E-state index contributed by atoms with van der Waals surface area (Å²) >= 11 is 0. The molecule has 4 heterocycles. The third-order valence-electron chi connectivity index (χ3n) is 5.96. The number of ether oxygens (including phenoxy) is 1. The topological polar surface area (TPSA) is 96.2 Å². The minimum atomic E-state index is -3.56. The van der Waals surface area contributed by atoms with Crippen molar-refractivity contribution in [3.63, 3.8) is 0 Å². The first-order valence-corrected chi connectivity index (χ1v) is 12.4. The second kappa shape index (κ2) is 8.60. The molecular weight excluding hydrogens is 449 g/mol. The van der Waals surface area contributed by atoms with E-state index in [4.69, 9.17) is 4.74 Å². The number of morpholine rings is 1. The number of halogens is 1. The average molecular weight is 476 g/mol. The number of hydrogen-bond donors (Lipinski definition) is 0. The van der Waals surface area contributed by atoms with E-state index in [9.17, 15) is 12.8 Å². The molecule has 10 nitrogen and oxygen atoms in total. The van der Waals surface area contributed by atoms with Crippen LogP contribution in [0.4, 0.5) is 10.2 Å². The lowest BCUT2D eigenvalue weighted by atomic mass is 10.2. The molecule has 0 aliphatic carbocycles. The normalized spacial score (nSPS) is 23.3. The monoisotopic (exact) mass is 475 g/mol. The van der Waals surface area contributed by atoms with Crippen LogP contribution in [0.3, 0.4) is 0 Å². The fourth-order valence-corrected chi connectivity index (χ4v) is 6.14. The van der Waals surface area contributed by atoms with Gasteiger partial charge in [0.1, 0.15) is 11.6 Å². The molecule has 12 heteroatoms. The molecule has 0 radical (unpaired) electrons. The summed E-state index contributed by atoms with van der Waals surface area (Å²) < 4.78 is 50.8. The summed E-state index contributed by atoms with van der Waals surface area (Å²) in [5, 5.41) is 12.8. The molecule has 0 saturated carbocycles. The molecule has 2 aliphatic rings. The molecule has 0 N–H and O–H groups in total. The molecule has 2 aromatic heterocycles. The van der Waals surface area contributed by atoms with Crippen LogP contribution in [0.25, 0.3) is 17.0 Å². The zero-order valence-electron chi connectivity index (χ0n) is 18.5. The van der Waals surface area contributed by atoms with Gasteiger partial charge in [-0.2, -0.15) is 21.5 Å². The van der Waals surface area contributed by atoms with Crippen LogP contribution in [0.1, 0.15) is 13.8 Å². The maximum atomic E-state index is 14.3. The quantitative estimate of drug-likeness (QED) is 0.563. The van der Waals surface area contributed by atoms with Gasteiger partial charge in [0.05, 0.1) is 17.8 Å². The number of aromatic nitrogens is 4. The lowest BCUT2D eigenvalue weighted by Gasteiger charge is -2.40. The highest BCUT2D eigenvalue weighted by atomic mass is 32.2. The molecule has 0 bridgehead atoms. The number of nitrogens with zero attached hydrogens (tertiary/aromatic N) is 7. The molecule has 2 fully saturated rings. The van der Waals surface area contributed by atoms with Crippen molar-refractivity contribution in [2.24, 2.45) is 0 Å². The van der Waals surface area contributed by atoms with E-state index in [1.54, 1.807) is 24.3 Å². The highest BCUT2D eigenvalue weighted by Gasteiger charge is 2.37. The van der Waals surface area contributed by atoms with Gasteiger partial charge < -0.3 is 9.64 Å². The van der Waals surface area contributed by atoms with Crippen molar-refractivity contribution >= 4 is 21.7 Å². The molecule has 1 aromatic carbocycles. The molecular formula is C21H26FN7O3S. The standard InChI is InChI=1S/C21H26FN7O3S/c1-15-13-28(14-16(2)32-15)33(30,31)27-11-9-26(10-12-27)20-8-7-19-23-24-21(29(19)25-20)17-5-3-4-6-18(17)22/h3-8,15-16H,9-14H2,1-2H3. The Morgan fingerprint density at radius 2 is 1.64 bits per heavy atom. The molecule has 5 rings (SSSR count). The van der Waals surface area contributed by atoms with Crippen molar-refractivity contribution in [1.82, 2.24) is 28.4 Å². The smallest absolute Gasteiger partial charge is 0.282 e. The van der Waals surface area contributed by atoms with Gasteiger partial charge in [-0.1, -0.05) is 12.1 Å². The summed E-state index contributed by atoms with van der Waals surface area (Å²) in [6.07, 6.45) is -0.263. The summed E-state index contributed by atoms with van der Waals surface area (Å²) in [7, 11) is -3.56. The minimum Gasteiger partial charge on any atom is -0.373 e. The van der Waals surface area contributed by atoms with Crippen LogP contribution in [-0.4, -0.2) is 88.3 Å². The summed E-state index contributed by atoms with van der Waals surface area (Å²) in [6.45, 7) is 6.18. The van der Waals surface area contributed by atoms with E-state index in [0.717, 1.165) is 0 Å². The predicted molar refractivity (Wildman–Crippen MR) is 120 cm³/mol. The fourth-order valence-electron chi connectivity index (χ4n) is 4.39. The molecule has 2 saturated heterocycles. The fraction of sp³-hybridized carbons (Fsp3) is 0.476. The third-order valence-corrected chi connectivity index (χ3v) is 7.93. The van der Waals surface area contributed by atoms with E-state index in [2.05, 4.69) is 15.3 Å². The van der Waals surface area contributed by atoms with Crippen molar-refractivity contribution in [2.45, 2.75) is 26.1 Å². The number of rotatable bonds is 4. The van der Waals surface area contributed by atoms with Gasteiger partial charge in [-0.15, -0.1) is 15.3 Å². The molecule has 0 amide bonds. The lowest BCUT2D eigenvalue weighted by molar-refractivity contribution is -0.0455. The predicted octanol–water partition coefficient (Wildman–Crippen LogP) is 1.41. The van der Waals surface area contributed by atoms with Gasteiger partial charge in [0.25, 0.3) is 10.2 Å². The van der Waals surface area contributed by atoms with Crippen LogP contribution in [0.2, 0.25) is 0 Å². The van der Waals surface area contributed by atoms with Crippen molar-refractivity contribution < 1.29 is 17.5 Å². The Hall–Kier alpha value is -2.67. The Morgan fingerprint density at radius 1 is 0.939 bits per heavy atom.